The van der Waals surface area contributed by atoms with Gasteiger partial charge in [0.15, 0.2) is 0 Å². The molecule has 1 aromatic rings. The van der Waals surface area contributed by atoms with Crippen molar-refractivity contribution in [1.29, 1.82) is 0 Å². The van der Waals surface area contributed by atoms with E-state index < -0.39 is 10.8 Å². The second-order valence-corrected chi connectivity index (χ2v) is 6.79. The summed E-state index contributed by atoms with van der Waals surface area (Å²) in [6.45, 7) is 2.85. The Morgan fingerprint density at radius 3 is 3.00 bits per heavy atom. The number of nitrogens with one attached hydrogen (secondary N) is 1. The molecule has 4 heteroatoms. The molecule has 3 atom stereocenters. The zero-order valence-electron chi connectivity index (χ0n) is 11.0. The third-order valence-corrected chi connectivity index (χ3v) is 5.42. The third kappa shape index (κ3) is 3.62. The first-order valence-electron chi connectivity index (χ1n) is 6.80. The lowest BCUT2D eigenvalue weighted by atomic mass is 9.94. The molecule has 1 aromatic heterocycles. The van der Waals surface area contributed by atoms with Gasteiger partial charge in [0.05, 0.1) is 5.25 Å². The summed E-state index contributed by atoms with van der Waals surface area (Å²) in [7, 11) is -0.680. The smallest absolute Gasteiger partial charge is 0.0501 e. The molecule has 0 bridgehead atoms. The lowest BCUT2D eigenvalue weighted by Gasteiger charge is -2.31. The Morgan fingerprint density at radius 2 is 2.28 bits per heavy atom. The van der Waals surface area contributed by atoms with Crippen molar-refractivity contribution in [3.05, 3.63) is 30.1 Å². The first kappa shape index (κ1) is 13.7. The molecule has 1 aliphatic rings. The number of nitrogens with zero attached hydrogens (tertiary/aromatic N) is 1. The van der Waals surface area contributed by atoms with Gasteiger partial charge in [0.25, 0.3) is 0 Å². The summed E-state index contributed by atoms with van der Waals surface area (Å²) >= 11 is 0. The van der Waals surface area contributed by atoms with Crippen molar-refractivity contribution in [2.75, 3.05) is 5.75 Å². The molecule has 3 nitrogen and oxygen atoms in total. The molecule has 1 fully saturated rings. The normalized spacial score (nSPS) is 25.8. The standard InChI is InChI=1S/C14H22N2OS/c1-2-18(17)14-8-4-3-7-13(14)16-11-12-6-5-9-15-10-12/h5-6,9-10,13-14,16H,2-4,7-8,11H2,1H3. The van der Waals surface area contributed by atoms with Gasteiger partial charge in [-0.25, -0.2) is 0 Å². The lowest BCUT2D eigenvalue weighted by molar-refractivity contribution is 0.377. The average molecular weight is 266 g/mol. The van der Waals surface area contributed by atoms with E-state index in [0.29, 0.717) is 11.3 Å². The van der Waals surface area contributed by atoms with E-state index in [-0.39, 0.29) is 0 Å². The molecule has 0 amide bonds. The van der Waals surface area contributed by atoms with Gasteiger partial charge in [0.1, 0.15) is 0 Å². The summed E-state index contributed by atoms with van der Waals surface area (Å²) in [5, 5.41) is 3.90. The minimum Gasteiger partial charge on any atom is -0.309 e. The van der Waals surface area contributed by atoms with Gasteiger partial charge in [0, 0.05) is 41.5 Å². The van der Waals surface area contributed by atoms with E-state index in [4.69, 9.17) is 0 Å². The van der Waals surface area contributed by atoms with Crippen LogP contribution < -0.4 is 5.32 Å². The van der Waals surface area contributed by atoms with Crippen LogP contribution in [0.2, 0.25) is 0 Å². The highest BCUT2D eigenvalue weighted by molar-refractivity contribution is 7.85. The molecule has 1 saturated carbocycles. The zero-order valence-corrected chi connectivity index (χ0v) is 11.8. The van der Waals surface area contributed by atoms with Gasteiger partial charge in [0.2, 0.25) is 0 Å². The van der Waals surface area contributed by atoms with Gasteiger partial charge < -0.3 is 5.32 Å². The molecule has 0 aromatic carbocycles. The first-order valence-corrected chi connectivity index (χ1v) is 8.19. The summed E-state index contributed by atoms with van der Waals surface area (Å²) in [6, 6.07) is 4.44. The fourth-order valence-electron chi connectivity index (χ4n) is 2.61. The number of rotatable bonds is 5. The Balaban J connectivity index is 1.91. The maximum atomic E-state index is 12.0. The quantitative estimate of drug-likeness (QED) is 0.889. The largest absolute Gasteiger partial charge is 0.309 e. The van der Waals surface area contributed by atoms with Crippen LogP contribution in [-0.2, 0) is 17.3 Å². The van der Waals surface area contributed by atoms with Crippen molar-refractivity contribution in [3.8, 4) is 0 Å². The monoisotopic (exact) mass is 266 g/mol. The van der Waals surface area contributed by atoms with E-state index in [0.717, 1.165) is 25.1 Å². The SMILES string of the molecule is CCS(=O)C1CCCCC1NCc1cccnc1. The van der Waals surface area contributed by atoms with Crippen LogP contribution in [0.4, 0.5) is 0 Å². The van der Waals surface area contributed by atoms with Gasteiger partial charge in [-0.05, 0) is 24.5 Å². The minimum atomic E-state index is -0.680. The fourth-order valence-corrected chi connectivity index (χ4v) is 4.07. The Bertz CT molecular complexity index is 383. The number of hydrogen-bond acceptors (Lipinski definition) is 3. The summed E-state index contributed by atoms with van der Waals surface area (Å²) in [5.74, 6) is 0.774. The number of aromatic nitrogens is 1. The molecule has 3 unspecified atom stereocenters. The van der Waals surface area contributed by atoms with E-state index in [1.807, 2.05) is 19.2 Å². The maximum Gasteiger partial charge on any atom is 0.0501 e. The topological polar surface area (TPSA) is 42.0 Å². The lowest BCUT2D eigenvalue weighted by Crippen LogP contribution is -2.44. The second-order valence-electron chi connectivity index (χ2n) is 4.84. The molecular weight excluding hydrogens is 244 g/mol. The van der Waals surface area contributed by atoms with Crippen LogP contribution in [0.25, 0.3) is 0 Å². The van der Waals surface area contributed by atoms with E-state index >= 15 is 0 Å². The summed E-state index contributed by atoms with van der Waals surface area (Å²) < 4.78 is 12.0. The van der Waals surface area contributed by atoms with Crippen LogP contribution in [0.3, 0.4) is 0 Å². The third-order valence-electron chi connectivity index (χ3n) is 3.62. The Hall–Kier alpha value is -0.740. The summed E-state index contributed by atoms with van der Waals surface area (Å²) in [5.41, 5.74) is 1.20. The molecule has 1 N–H and O–H groups in total. The van der Waals surface area contributed by atoms with Crippen LogP contribution in [0.15, 0.2) is 24.5 Å². The Morgan fingerprint density at radius 1 is 1.44 bits per heavy atom. The van der Waals surface area contributed by atoms with Crippen molar-refractivity contribution in [3.63, 3.8) is 0 Å². The molecule has 2 rings (SSSR count). The highest BCUT2D eigenvalue weighted by Gasteiger charge is 2.28. The Labute approximate surface area is 112 Å². The number of hydrogen-bond donors (Lipinski definition) is 1. The Kier molecular flexibility index (Phi) is 5.32. The van der Waals surface area contributed by atoms with Crippen LogP contribution in [-0.4, -0.2) is 26.2 Å². The predicted octanol–water partition coefficient (Wildman–Crippen LogP) is 2.25. The van der Waals surface area contributed by atoms with E-state index in [1.54, 1.807) is 6.20 Å². The molecule has 0 aliphatic heterocycles. The first-order chi connectivity index (χ1) is 8.81. The van der Waals surface area contributed by atoms with Crippen LogP contribution >= 0.6 is 0 Å². The van der Waals surface area contributed by atoms with Crippen molar-refractivity contribution < 1.29 is 4.21 Å². The highest BCUT2D eigenvalue weighted by atomic mass is 32.2. The van der Waals surface area contributed by atoms with Crippen LogP contribution in [0.1, 0.15) is 38.2 Å². The summed E-state index contributed by atoms with van der Waals surface area (Å²) in [6.07, 6.45) is 8.41. The van der Waals surface area contributed by atoms with Crippen LogP contribution in [0.5, 0.6) is 0 Å². The van der Waals surface area contributed by atoms with E-state index in [9.17, 15) is 4.21 Å². The molecule has 1 heterocycles. The van der Waals surface area contributed by atoms with Crippen LogP contribution in [0, 0.1) is 0 Å². The van der Waals surface area contributed by atoms with Gasteiger partial charge in [-0.2, -0.15) is 0 Å². The second kappa shape index (κ2) is 7.00. The van der Waals surface area contributed by atoms with Crippen molar-refractivity contribution >= 4 is 10.8 Å². The van der Waals surface area contributed by atoms with E-state index in [2.05, 4.69) is 16.4 Å². The van der Waals surface area contributed by atoms with Gasteiger partial charge in [-0.3, -0.25) is 9.19 Å². The molecule has 18 heavy (non-hydrogen) atoms. The van der Waals surface area contributed by atoms with Gasteiger partial charge in [-0.15, -0.1) is 0 Å². The predicted molar refractivity (Wildman–Crippen MR) is 75.8 cm³/mol. The van der Waals surface area contributed by atoms with Gasteiger partial charge in [-0.1, -0.05) is 25.8 Å². The average Bonchev–Trinajstić information content (AvgIpc) is 2.45. The van der Waals surface area contributed by atoms with Crippen molar-refractivity contribution in [2.45, 2.75) is 50.4 Å². The molecule has 100 valence electrons. The molecule has 0 saturated heterocycles. The highest BCUT2D eigenvalue weighted by Crippen LogP contribution is 2.23. The van der Waals surface area contributed by atoms with E-state index in [1.165, 1.54) is 18.4 Å². The molecule has 1 aliphatic carbocycles. The number of pyridine rings is 1. The fraction of sp³-hybridized carbons (Fsp3) is 0.643. The zero-order chi connectivity index (χ0) is 12.8. The summed E-state index contributed by atoms with van der Waals surface area (Å²) in [4.78, 5) is 4.12. The molecular formula is C14H22N2OS. The molecule has 0 radical (unpaired) electrons. The van der Waals surface area contributed by atoms with Crippen molar-refractivity contribution in [1.82, 2.24) is 10.3 Å². The minimum absolute atomic E-state index is 0.334. The molecule has 0 spiro atoms. The van der Waals surface area contributed by atoms with Crippen molar-refractivity contribution in [2.24, 2.45) is 0 Å². The van der Waals surface area contributed by atoms with Gasteiger partial charge >= 0.3 is 0 Å². The maximum absolute atomic E-state index is 12.0.